The van der Waals surface area contributed by atoms with Gasteiger partial charge in [-0.25, -0.2) is 4.79 Å². The predicted molar refractivity (Wildman–Crippen MR) is 113 cm³/mol. The number of rotatable bonds is 12. The van der Waals surface area contributed by atoms with E-state index in [2.05, 4.69) is 16.0 Å². The molecule has 0 fully saturated rings. The molecule has 0 aliphatic heterocycles. The fraction of sp³-hybridized carbons (Fsp3) is 0.450. The van der Waals surface area contributed by atoms with Gasteiger partial charge >= 0.3 is 5.97 Å². The van der Waals surface area contributed by atoms with Crippen LogP contribution in [-0.2, 0) is 30.4 Å². The third-order valence-electron chi connectivity index (χ3n) is 4.48. The average molecular weight is 451 g/mol. The molecule has 0 aliphatic rings. The molecule has 3 unspecified atom stereocenters. The number of carboxylic acids is 1. The Balaban J connectivity index is 3.13. The highest BCUT2D eigenvalue weighted by atomic mass is 16.4. The summed E-state index contributed by atoms with van der Waals surface area (Å²) in [5.74, 6) is -4.92. The third-order valence-corrected chi connectivity index (χ3v) is 4.48. The van der Waals surface area contributed by atoms with E-state index in [-0.39, 0.29) is 12.2 Å². The molecule has 1 rings (SSSR count). The Hall–Kier alpha value is -3.67. The number of carbonyl (C=O) groups is 5. The van der Waals surface area contributed by atoms with Crippen molar-refractivity contribution in [3.05, 3.63) is 29.8 Å². The highest BCUT2D eigenvalue weighted by Gasteiger charge is 2.31. The summed E-state index contributed by atoms with van der Waals surface area (Å²) in [6.07, 6.45) is -0.592. The van der Waals surface area contributed by atoms with Gasteiger partial charge in [-0.05, 0) is 23.6 Å². The molecule has 1 aromatic carbocycles. The van der Waals surface area contributed by atoms with Crippen LogP contribution in [0.1, 0.15) is 25.8 Å². The summed E-state index contributed by atoms with van der Waals surface area (Å²) < 4.78 is 0. The van der Waals surface area contributed by atoms with Crippen molar-refractivity contribution in [1.29, 1.82) is 0 Å². The SMILES string of the molecule is CC(C)C(NC(=O)C(Cc1ccc(O)cc1)NC(=O)C(CC(N)=O)NC(=O)CN)C(=O)O. The van der Waals surface area contributed by atoms with E-state index < -0.39 is 66.6 Å². The maximum absolute atomic E-state index is 12.9. The molecular weight excluding hydrogens is 422 g/mol. The number of nitrogens with one attached hydrogen (secondary N) is 3. The molecule has 3 atom stereocenters. The lowest BCUT2D eigenvalue weighted by Crippen LogP contribution is -2.58. The van der Waals surface area contributed by atoms with Gasteiger partial charge in [0.25, 0.3) is 0 Å². The van der Waals surface area contributed by atoms with Gasteiger partial charge in [0, 0.05) is 6.42 Å². The van der Waals surface area contributed by atoms with Crippen molar-refractivity contribution in [3.8, 4) is 5.75 Å². The van der Waals surface area contributed by atoms with Crippen LogP contribution in [0.15, 0.2) is 24.3 Å². The van der Waals surface area contributed by atoms with Crippen LogP contribution in [0.3, 0.4) is 0 Å². The second-order valence-electron chi connectivity index (χ2n) is 7.49. The number of phenolic OH excluding ortho intramolecular Hbond substituents is 1. The van der Waals surface area contributed by atoms with Gasteiger partial charge in [-0.1, -0.05) is 26.0 Å². The van der Waals surface area contributed by atoms with Crippen molar-refractivity contribution < 1.29 is 34.2 Å². The number of benzene rings is 1. The molecule has 0 bridgehead atoms. The molecule has 9 N–H and O–H groups in total. The highest BCUT2D eigenvalue weighted by molar-refractivity contribution is 5.95. The average Bonchev–Trinajstić information content (AvgIpc) is 2.71. The molecule has 12 heteroatoms. The van der Waals surface area contributed by atoms with Gasteiger partial charge in [-0.2, -0.15) is 0 Å². The summed E-state index contributed by atoms with van der Waals surface area (Å²) in [6, 6.07) is 1.98. The number of amides is 4. The molecule has 4 amide bonds. The Kier molecular flexibility index (Phi) is 10.1. The fourth-order valence-corrected chi connectivity index (χ4v) is 2.78. The van der Waals surface area contributed by atoms with E-state index in [1.807, 2.05) is 0 Å². The molecule has 0 radical (unpaired) electrons. The minimum atomic E-state index is -1.38. The summed E-state index contributed by atoms with van der Waals surface area (Å²) in [6.45, 7) is 2.78. The maximum Gasteiger partial charge on any atom is 0.326 e. The Labute approximate surface area is 184 Å². The highest BCUT2D eigenvalue weighted by Crippen LogP contribution is 2.12. The number of aliphatic carboxylic acids is 1. The maximum atomic E-state index is 12.9. The van der Waals surface area contributed by atoms with E-state index >= 15 is 0 Å². The summed E-state index contributed by atoms with van der Waals surface area (Å²) in [5, 5.41) is 25.9. The number of carbonyl (C=O) groups excluding carboxylic acids is 4. The molecule has 0 heterocycles. The smallest absolute Gasteiger partial charge is 0.326 e. The Morgan fingerprint density at radius 2 is 1.50 bits per heavy atom. The van der Waals surface area contributed by atoms with Gasteiger partial charge in [-0.3, -0.25) is 19.2 Å². The molecule has 32 heavy (non-hydrogen) atoms. The van der Waals surface area contributed by atoms with Crippen LogP contribution < -0.4 is 27.4 Å². The molecule has 1 aromatic rings. The Morgan fingerprint density at radius 1 is 0.938 bits per heavy atom. The summed E-state index contributed by atoms with van der Waals surface area (Å²) in [7, 11) is 0. The van der Waals surface area contributed by atoms with Gasteiger partial charge < -0.3 is 37.6 Å². The molecule has 12 nitrogen and oxygen atoms in total. The van der Waals surface area contributed by atoms with Crippen molar-refractivity contribution >= 4 is 29.6 Å². The molecule has 0 saturated heterocycles. The molecular formula is C20H29N5O7. The summed E-state index contributed by atoms with van der Waals surface area (Å²) in [5.41, 5.74) is 10.9. The van der Waals surface area contributed by atoms with E-state index in [0.717, 1.165) is 0 Å². The number of primary amides is 1. The zero-order valence-electron chi connectivity index (χ0n) is 17.8. The van der Waals surface area contributed by atoms with Crippen LogP contribution in [0, 0.1) is 5.92 Å². The number of hydrogen-bond donors (Lipinski definition) is 7. The topological polar surface area (TPSA) is 214 Å². The predicted octanol–water partition coefficient (Wildman–Crippen LogP) is -2.04. The molecule has 176 valence electrons. The monoisotopic (exact) mass is 451 g/mol. The van der Waals surface area contributed by atoms with Crippen LogP contribution in [-0.4, -0.2) is 64.5 Å². The second kappa shape index (κ2) is 12.2. The number of phenols is 1. The van der Waals surface area contributed by atoms with Crippen molar-refractivity contribution in [2.75, 3.05) is 6.54 Å². The zero-order chi connectivity index (χ0) is 24.4. The first kappa shape index (κ1) is 26.4. The van der Waals surface area contributed by atoms with Crippen LogP contribution in [0.25, 0.3) is 0 Å². The zero-order valence-corrected chi connectivity index (χ0v) is 17.8. The first-order valence-electron chi connectivity index (χ1n) is 9.83. The normalized spacial score (nSPS) is 13.5. The van der Waals surface area contributed by atoms with E-state index in [4.69, 9.17) is 11.5 Å². The van der Waals surface area contributed by atoms with Crippen LogP contribution in [0.2, 0.25) is 0 Å². The number of carboxylic acid groups (broad SMARTS) is 1. The lowest BCUT2D eigenvalue weighted by Gasteiger charge is -2.25. The Bertz CT molecular complexity index is 841. The van der Waals surface area contributed by atoms with Crippen molar-refractivity contribution in [1.82, 2.24) is 16.0 Å². The van der Waals surface area contributed by atoms with Gasteiger partial charge in [0.15, 0.2) is 0 Å². The Morgan fingerprint density at radius 3 is 1.97 bits per heavy atom. The summed E-state index contributed by atoms with van der Waals surface area (Å²) >= 11 is 0. The molecule has 0 aliphatic carbocycles. The third kappa shape index (κ3) is 8.60. The van der Waals surface area contributed by atoms with Crippen molar-refractivity contribution in [2.45, 2.75) is 44.8 Å². The van der Waals surface area contributed by atoms with E-state index in [1.54, 1.807) is 13.8 Å². The first-order chi connectivity index (χ1) is 14.9. The number of aromatic hydroxyl groups is 1. The van der Waals surface area contributed by atoms with Gasteiger partial charge in [0.1, 0.15) is 23.9 Å². The molecule has 0 saturated carbocycles. The number of hydrogen-bond acceptors (Lipinski definition) is 7. The lowest BCUT2D eigenvalue weighted by atomic mass is 10.0. The molecule has 0 aromatic heterocycles. The van der Waals surface area contributed by atoms with E-state index in [1.165, 1.54) is 24.3 Å². The van der Waals surface area contributed by atoms with Crippen LogP contribution >= 0.6 is 0 Å². The first-order valence-corrected chi connectivity index (χ1v) is 9.83. The minimum absolute atomic E-state index is 0.00412. The van der Waals surface area contributed by atoms with Gasteiger partial charge in [0.2, 0.25) is 23.6 Å². The quantitative estimate of drug-likeness (QED) is 0.187. The van der Waals surface area contributed by atoms with E-state index in [9.17, 15) is 34.2 Å². The fourth-order valence-electron chi connectivity index (χ4n) is 2.78. The van der Waals surface area contributed by atoms with Crippen molar-refractivity contribution in [3.63, 3.8) is 0 Å². The lowest BCUT2D eigenvalue weighted by molar-refractivity contribution is -0.143. The summed E-state index contributed by atoms with van der Waals surface area (Å²) in [4.78, 5) is 60.0. The largest absolute Gasteiger partial charge is 0.508 e. The second-order valence-corrected chi connectivity index (χ2v) is 7.49. The minimum Gasteiger partial charge on any atom is -0.508 e. The van der Waals surface area contributed by atoms with Crippen molar-refractivity contribution in [2.24, 2.45) is 17.4 Å². The van der Waals surface area contributed by atoms with Gasteiger partial charge in [-0.15, -0.1) is 0 Å². The van der Waals surface area contributed by atoms with Crippen LogP contribution in [0.5, 0.6) is 5.75 Å². The molecule has 0 spiro atoms. The van der Waals surface area contributed by atoms with E-state index in [0.29, 0.717) is 5.56 Å². The number of nitrogens with two attached hydrogens (primary N) is 2. The standard InChI is InChI=1S/C20H29N5O7/c1-10(2)17(20(31)32)25-19(30)13(7-11-3-5-12(26)6-4-11)24-18(29)14(8-15(22)27)23-16(28)9-21/h3-6,10,13-14,17,26H,7-9,21H2,1-2H3,(H2,22,27)(H,23,28)(H,24,29)(H,25,30)(H,31,32). The van der Waals surface area contributed by atoms with Crippen LogP contribution in [0.4, 0.5) is 0 Å². The van der Waals surface area contributed by atoms with Gasteiger partial charge in [0.05, 0.1) is 13.0 Å².